The van der Waals surface area contributed by atoms with Crippen LogP contribution in [0.4, 0.5) is 0 Å². The Balaban J connectivity index is 1.65. The molecule has 2 aromatic rings. The lowest BCUT2D eigenvalue weighted by molar-refractivity contribution is -0.127. The van der Waals surface area contributed by atoms with E-state index in [2.05, 4.69) is 5.32 Å². The van der Waals surface area contributed by atoms with Gasteiger partial charge in [0.2, 0.25) is 11.8 Å². The number of carbonyl (C=O) groups excluding carboxylic acids is 3. The smallest absolute Gasteiger partial charge is 0.233 e. The van der Waals surface area contributed by atoms with Gasteiger partial charge in [-0.05, 0) is 35.4 Å². The summed E-state index contributed by atoms with van der Waals surface area (Å²) >= 11 is 0. The third-order valence-corrected chi connectivity index (χ3v) is 6.24. The summed E-state index contributed by atoms with van der Waals surface area (Å²) in [7, 11) is 3.01. The monoisotopic (exact) mass is 404 g/mol. The van der Waals surface area contributed by atoms with Gasteiger partial charge in [0.15, 0.2) is 5.78 Å². The molecule has 4 atom stereocenters. The molecular weight excluding hydrogens is 384 g/mol. The zero-order valence-electron chi connectivity index (χ0n) is 16.5. The highest BCUT2D eigenvalue weighted by molar-refractivity contribution is 6.12. The van der Waals surface area contributed by atoms with Gasteiger partial charge >= 0.3 is 0 Å². The predicted octanol–water partition coefficient (Wildman–Crippen LogP) is 2.19. The number of methoxy groups -OCH3 is 2. The van der Waals surface area contributed by atoms with E-state index in [0.29, 0.717) is 17.1 Å². The molecule has 3 aliphatic rings. The van der Waals surface area contributed by atoms with E-state index in [4.69, 9.17) is 9.47 Å². The summed E-state index contributed by atoms with van der Waals surface area (Å²) in [6.07, 6.45) is 3.74. The topological polar surface area (TPSA) is 84.9 Å². The minimum atomic E-state index is -0.822. The first-order chi connectivity index (χ1) is 14.5. The van der Waals surface area contributed by atoms with E-state index in [-0.39, 0.29) is 17.7 Å². The first-order valence-corrected chi connectivity index (χ1v) is 9.70. The van der Waals surface area contributed by atoms with E-state index in [9.17, 15) is 14.4 Å². The average Bonchev–Trinajstić information content (AvgIpc) is 3.27. The average molecular weight is 404 g/mol. The van der Waals surface area contributed by atoms with Crippen LogP contribution in [-0.4, -0.2) is 42.8 Å². The molecule has 0 aromatic heterocycles. The number of ketones is 1. The molecule has 0 radical (unpaired) electrons. The van der Waals surface area contributed by atoms with Crippen molar-refractivity contribution in [3.63, 3.8) is 0 Å². The first kappa shape index (κ1) is 18.4. The van der Waals surface area contributed by atoms with Gasteiger partial charge in [-0.15, -0.1) is 0 Å². The zero-order chi connectivity index (χ0) is 21.0. The quantitative estimate of drug-likeness (QED) is 0.621. The summed E-state index contributed by atoms with van der Waals surface area (Å²) in [5, 5.41) is 2.43. The molecule has 7 nitrogen and oxygen atoms in total. The van der Waals surface area contributed by atoms with E-state index in [0.717, 1.165) is 11.1 Å². The van der Waals surface area contributed by atoms with Crippen LogP contribution < -0.4 is 14.8 Å². The molecule has 5 rings (SSSR count). The molecule has 30 heavy (non-hydrogen) atoms. The fourth-order valence-electron chi connectivity index (χ4n) is 4.94. The van der Waals surface area contributed by atoms with Crippen LogP contribution in [-0.2, 0) is 9.59 Å². The Labute approximate surface area is 173 Å². The second kappa shape index (κ2) is 6.73. The number of hydrogen-bond acceptors (Lipinski definition) is 6. The van der Waals surface area contributed by atoms with Crippen LogP contribution in [0.3, 0.4) is 0 Å². The van der Waals surface area contributed by atoms with E-state index in [1.54, 1.807) is 18.2 Å². The molecule has 0 unspecified atom stereocenters. The second-order valence-corrected chi connectivity index (χ2v) is 7.62. The van der Waals surface area contributed by atoms with Gasteiger partial charge < -0.3 is 14.4 Å². The number of nitrogens with one attached hydrogen (secondary N) is 1. The molecule has 0 spiro atoms. The normalized spacial score (nSPS) is 26.0. The Hall–Kier alpha value is -3.61. The number of imide groups is 1. The Morgan fingerprint density at radius 1 is 1.00 bits per heavy atom. The minimum Gasteiger partial charge on any atom is -0.497 e. The number of hydrogen-bond donors (Lipinski definition) is 1. The van der Waals surface area contributed by atoms with Crippen LogP contribution in [0.1, 0.15) is 27.5 Å². The highest BCUT2D eigenvalue weighted by Gasteiger charge is 2.61. The van der Waals surface area contributed by atoms with Crippen LogP contribution in [0, 0.1) is 11.8 Å². The molecule has 7 heteroatoms. The molecule has 0 aliphatic carbocycles. The van der Waals surface area contributed by atoms with Gasteiger partial charge in [-0.25, -0.2) is 0 Å². The van der Waals surface area contributed by atoms with Crippen LogP contribution >= 0.6 is 0 Å². The summed E-state index contributed by atoms with van der Waals surface area (Å²) in [6, 6.07) is 11.5. The maximum atomic E-state index is 13.8. The lowest BCUT2D eigenvalue weighted by Gasteiger charge is -2.34. The lowest BCUT2D eigenvalue weighted by atomic mass is 9.83. The van der Waals surface area contributed by atoms with Gasteiger partial charge in [0.25, 0.3) is 0 Å². The number of benzene rings is 2. The summed E-state index contributed by atoms with van der Waals surface area (Å²) in [5.74, 6) is -1.53. The van der Waals surface area contributed by atoms with Crippen molar-refractivity contribution < 1.29 is 23.9 Å². The molecule has 1 N–H and O–H groups in total. The molecule has 0 saturated carbocycles. The van der Waals surface area contributed by atoms with Crippen molar-refractivity contribution in [2.75, 3.05) is 14.2 Å². The Morgan fingerprint density at radius 3 is 2.53 bits per heavy atom. The molecule has 0 bridgehead atoms. The van der Waals surface area contributed by atoms with E-state index >= 15 is 0 Å². The largest absolute Gasteiger partial charge is 0.497 e. The number of ether oxygens (including phenoxy) is 2. The fraction of sp³-hybridized carbons (Fsp3) is 0.261. The summed E-state index contributed by atoms with van der Waals surface area (Å²) < 4.78 is 10.7. The number of rotatable bonds is 4. The molecule has 2 fully saturated rings. The number of carbonyl (C=O) groups is 3. The van der Waals surface area contributed by atoms with Gasteiger partial charge in [0.05, 0.1) is 37.7 Å². The van der Waals surface area contributed by atoms with Gasteiger partial charge in [-0.3, -0.25) is 19.7 Å². The van der Waals surface area contributed by atoms with Gasteiger partial charge in [-0.1, -0.05) is 24.3 Å². The molecule has 2 aromatic carbocycles. The van der Waals surface area contributed by atoms with Crippen molar-refractivity contribution in [1.29, 1.82) is 0 Å². The summed E-state index contributed by atoms with van der Waals surface area (Å²) in [6.45, 7) is 0. The molecule has 3 aliphatic heterocycles. The highest BCUT2D eigenvalue weighted by atomic mass is 16.5. The first-order valence-electron chi connectivity index (χ1n) is 9.70. The van der Waals surface area contributed by atoms with E-state index in [1.165, 1.54) is 14.2 Å². The molecule has 3 heterocycles. The van der Waals surface area contributed by atoms with Crippen molar-refractivity contribution in [2.24, 2.45) is 11.8 Å². The van der Waals surface area contributed by atoms with Gasteiger partial charge in [0.1, 0.15) is 17.5 Å². The molecular formula is C23H20N2O5. The van der Waals surface area contributed by atoms with Crippen LogP contribution in [0.15, 0.2) is 48.7 Å². The van der Waals surface area contributed by atoms with E-state index < -0.39 is 23.8 Å². The van der Waals surface area contributed by atoms with Gasteiger partial charge in [-0.2, -0.15) is 0 Å². The standard InChI is InChI=1S/C23H20N2O5/c1-29-13-7-8-16(30-2)15(11-13)21(26)20-18-17(22(27)24-23(18)28)19-14-6-4-3-5-12(14)9-10-25(19)20/h3-11,17-20H,1-2H3,(H,24,27,28)/t17-,18+,19+,20+/m0/s1. The van der Waals surface area contributed by atoms with E-state index in [1.807, 2.05) is 41.4 Å². The van der Waals surface area contributed by atoms with Crippen molar-refractivity contribution >= 4 is 23.7 Å². The van der Waals surface area contributed by atoms with Crippen molar-refractivity contribution in [3.8, 4) is 11.5 Å². The maximum Gasteiger partial charge on any atom is 0.233 e. The SMILES string of the molecule is COc1ccc(OC)c(C(=O)[C@H]2[C@@H]3C(=O)NC(=O)[C@@H]3[C@H]3c4ccccc4C=CN32)c1. The molecule has 152 valence electrons. The third kappa shape index (κ3) is 2.48. The van der Waals surface area contributed by atoms with Crippen molar-refractivity contribution in [3.05, 3.63) is 65.4 Å². The number of fused-ring (bicyclic) bond motifs is 5. The van der Waals surface area contributed by atoms with Gasteiger partial charge in [0, 0.05) is 6.20 Å². The van der Waals surface area contributed by atoms with Crippen LogP contribution in [0.25, 0.3) is 6.08 Å². The van der Waals surface area contributed by atoms with Crippen LogP contribution in [0.5, 0.6) is 11.5 Å². The van der Waals surface area contributed by atoms with Crippen LogP contribution in [0.2, 0.25) is 0 Å². The predicted molar refractivity (Wildman–Crippen MR) is 108 cm³/mol. The summed E-state index contributed by atoms with van der Waals surface area (Å²) in [5.41, 5.74) is 2.24. The zero-order valence-corrected chi connectivity index (χ0v) is 16.5. The highest BCUT2D eigenvalue weighted by Crippen LogP contribution is 2.51. The Bertz CT molecular complexity index is 1110. The molecule has 2 saturated heterocycles. The molecule has 2 amide bonds. The second-order valence-electron chi connectivity index (χ2n) is 7.62. The third-order valence-electron chi connectivity index (χ3n) is 6.24. The Kier molecular flexibility index (Phi) is 4.13. The lowest BCUT2D eigenvalue weighted by Crippen LogP contribution is -2.43. The number of amides is 2. The fourth-order valence-corrected chi connectivity index (χ4v) is 4.94. The minimum absolute atomic E-state index is 0.280. The maximum absolute atomic E-state index is 13.8. The van der Waals surface area contributed by atoms with Crippen molar-refractivity contribution in [2.45, 2.75) is 12.1 Å². The number of nitrogens with zero attached hydrogens (tertiary/aromatic N) is 1. The Morgan fingerprint density at radius 2 is 1.77 bits per heavy atom. The summed E-state index contributed by atoms with van der Waals surface area (Å²) in [4.78, 5) is 41.1. The van der Waals surface area contributed by atoms with Crippen molar-refractivity contribution in [1.82, 2.24) is 10.2 Å². The number of Topliss-reactive ketones (excluding diaryl/α,β-unsaturated/α-hetero) is 1.